The number of benzene rings is 1. The highest BCUT2D eigenvalue weighted by Crippen LogP contribution is 2.20. The molecule has 1 saturated carbocycles. The number of carbonyl (C=O) groups is 3. The number of hydrogen-bond acceptors (Lipinski definition) is 4. The molecule has 2 rings (SSSR count). The van der Waals surface area contributed by atoms with Crippen molar-refractivity contribution in [1.29, 1.82) is 0 Å². The van der Waals surface area contributed by atoms with Crippen LogP contribution < -0.4 is 10.6 Å². The quantitative estimate of drug-likeness (QED) is 0.784. The summed E-state index contributed by atoms with van der Waals surface area (Å²) in [5.74, 6) is -1.50. The summed E-state index contributed by atoms with van der Waals surface area (Å²) in [5.41, 5.74) is 0.851. The average molecular weight is 332 g/mol. The standard InChI is InChI=1S/C18H24N2O4/c1-2-15(13-8-4-3-5-9-13)17(22)24-12-16(21)20-18(23)19-14-10-6-7-11-14/h3-5,8-9,14-15H,2,6-7,10-12H2,1H3,(H2,19,20,21,23)/t15-/m1/s1. The predicted octanol–water partition coefficient (Wildman–Crippen LogP) is 2.49. The Bertz CT molecular complexity index is 568. The van der Waals surface area contributed by atoms with Gasteiger partial charge in [-0.05, 0) is 24.8 Å². The van der Waals surface area contributed by atoms with Crippen LogP contribution in [0.2, 0.25) is 0 Å². The van der Waals surface area contributed by atoms with E-state index in [1.807, 2.05) is 37.3 Å². The molecule has 0 bridgehead atoms. The zero-order valence-electron chi connectivity index (χ0n) is 13.9. The van der Waals surface area contributed by atoms with Gasteiger partial charge in [0, 0.05) is 6.04 Å². The Morgan fingerprint density at radius 1 is 1.17 bits per heavy atom. The third kappa shape index (κ3) is 5.37. The minimum Gasteiger partial charge on any atom is -0.455 e. The minimum atomic E-state index is -0.623. The molecular formula is C18H24N2O4. The maximum absolute atomic E-state index is 12.1. The second-order valence-corrected chi connectivity index (χ2v) is 5.98. The number of carbonyl (C=O) groups excluding carboxylic acids is 3. The smallest absolute Gasteiger partial charge is 0.321 e. The molecule has 1 aliphatic carbocycles. The Balaban J connectivity index is 1.75. The monoisotopic (exact) mass is 332 g/mol. The molecule has 0 heterocycles. The molecule has 6 heteroatoms. The molecule has 6 nitrogen and oxygen atoms in total. The van der Waals surface area contributed by atoms with E-state index in [1.165, 1.54) is 0 Å². The molecule has 0 unspecified atom stereocenters. The first-order valence-electron chi connectivity index (χ1n) is 8.42. The van der Waals surface area contributed by atoms with E-state index in [1.54, 1.807) is 0 Å². The van der Waals surface area contributed by atoms with Gasteiger partial charge in [0.1, 0.15) is 0 Å². The summed E-state index contributed by atoms with van der Waals surface area (Å²) in [6.07, 6.45) is 4.63. The molecule has 1 atom stereocenters. The van der Waals surface area contributed by atoms with Crippen molar-refractivity contribution in [1.82, 2.24) is 10.6 Å². The Labute approximate surface area is 142 Å². The highest BCUT2D eigenvalue weighted by atomic mass is 16.5. The summed E-state index contributed by atoms with van der Waals surface area (Å²) in [6.45, 7) is 1.42. The maximum atomic E-state index is 12.1. The lowest BCUT2D eigenvalue weighted by atomic mass is 9.97. The Kier molecular flexibility index (Phi) is 6.78. The van der Waals surface area contributed by atoms with Crippen LogP contribution in [0.25, 0.3) is 0 Å². The van der Waals surface area contributed by atoms with Crippen molar-refractivity contribution in [3.8, 4) is 0 Å². The van der Waals surface area contributed by atoms with Crippen LogP contribution in [0.3, 0.4) is 0 Å². The van der Waals surface area contributed by atoms with Gasteiger partial charge < -0.3 is 10.1 Å². The van der Waals surface area contributed by atoms with Crippen molar-refractivity contribution < 1.29 is 19.1 Å². The molecule has 1 aliphatic rings. The van der Waals surface area contributed by atoms with Crippen LogP contribution in [0.15, 0.2) is 30.3 Å². The molecule has 0 radical (unpaired) electrons. The molecule has 24 heavy (non-hydrogen) atoms. The molecule has 0 spiro atoms. The maximum Gasteiger partial charge on any atom is 0.321 e. The average Bonchev–Trinajstić information content (AvgIpc) is 3.07. The lowest BCUT2D eigenvalue weighted by molar-refractivity contribution is -0.149. The van der Waals surface area contributed by atoms with Crippen molar-refractivity contribution in [3.63, 3.8) is 0 Å². The molecule has 2 N–H and O–H groups in total. The summed E-state index contributed by atoms with van der Waals surface area (Å²) in [7, 11) is 0. The molecule has 130 valence electrons. The number of rotatable bonds is 6. The van der Waals surface area contributed by atoms with Gasteiger partial charge in [0.2, 0.25) is 0 Å². The first kappa shape index (κ1) is 18.0. The minimum absolute atomic E-state index is 0.128. The number of amides is 3. The second-order valence-electron chi connectivity index (χ2n) is 5.98. The lowest BCUT2D eigenvalue weighted by Crippen LogP contribution is -2.45. The summed E-state index contributed by atoms with van der Waals surface area (Å²) >= 11 is 0. The van der Waals surface area contributed by atoms with Crippen LogP contribution >= 0.6 is 0 Å². The number of urea groups is 1. The Hall–Kier alpha value is -2.37. The van der Waals surface area contributed by atoms with Crippen molar-refractivity contribution in [2.45, 2.75) is 51.0 Å². The summed E-state index contributed by atoms with van der Waals surface area (Å²) < 4.78 is 5.05. The van der Waals surface area contributed by atoms with Crippen molar-refractivity contribution in [3.05, 3.63) is 35.9 Å². The highest BCUT2D eigenvalue weighted by molar-refractivity contribution is 5.95. The number of nitrogens with one attached hydrogen (secondary N) is 2. The fraction of sp³-hybridized carbons (Fsp3) is 0.500. The molecular weight excluding hydrogens is 308 g/mol. The molecule has 3 amide bonds. The van der Waals surface area contributed by atoms with Gasteiger partial charge in [-0.15, -0.1) is 0 Å². The fourth-order valence-electron chi connectivity index (χ4n) is 2.92. The van der Waals surface area contributed by atoms with E-state index >= 15 is 0 Å². The van der Waals surface area contributed by atoms with Gasteiger partial charge in [0.25, 0.3) is 5.91 Å². The first-order chi connectivity index (χ1) is 11.6. The second kappa shape index (κ2) is 9.05. The SMILES string of the molecule is CC[C@@H](C(=O)OCC(=O)NC(=O)NC1CCCC1)c1ccccc1. The van der Waals surface area contributed by atoms with Crippen LogP contribution in [-0.2, 0) is 14.3 Å². The number of esters is 1. The highest BCUT2D eigenvalue weighted by Gasteiger charge is 2.22. The number of ether oxygens (including phenoxy) is 1. The zero-order valence-corrected chi connectivity index (χ0v) is 13.9. The van der Waals surface area contributed by atoms with E-state index in [4.69, 9.17) is 4.74 Å². The van der Waals surface area contributed by atoms with Crippen LogP contribution in [-0.4, -0.2) is 30.6 Å². The van der Waals surface area contributed by atoms with E-state index in [-0.39, 0.29) is 6.04 Å². The Morgan fingerprint density at radius 2 is 1.83 bits per heavy atom. The van der Waals surface area contributed by atoms with E-state index in [9.17, 15) is 14.4 Å². The summed E-state index contributed by atoms with van der Waals surface area (Å²) in [4.78, 5) is 35.6. The number of hydrogen-bond donors (Lipinski definition) is 2. The van der Waals surface area contributed by atoms with Crippen molar-refractivity contribution in [2.24, 2.45) is 0 Å². The van der Waals surface area contributed by atoms with Crippen LogP contribution in [0.4, 0.5) is 4.79 Å². The third-order valence-corrected chi connectivity index (χ3v) is 4.18. The normalized spacial score (nSPS) is 15.5. The predicted molar refractivity (Wildman–Crippen MR) is 89.4 cm³/mol. The van der Waals surface area contributed by atoms with Gasteiger partial charge in [-0.1, -0.05) is 50.1 Å². The van der Waals surface area contributed by atoms with E-state index in [0.29, 0.717) is 6.42 Å². The largest absolute Gasteiger partial charge is 0.455 e. The third-order valence-electron chi connectivity index (χ3n) is 4.18. The lowest BCUT2D eigenvalue weighted by Gasteiger charge is -2.15. The molecule has 1 aromatic carbocycles. The summed E-state index contributed by atoms with van der Waals surface area (Å²) in [6, 6.07) is 8.88. The van der Waals surface area contributed by atoms with Gasteiger partial charge in [-0.3, -0.25) is 14.9 Å². The molecule has 1 aromatic rings. The van der Waals surface area contributed by atoms with Gasteiger partial charge in [0.15, 0.2) is 6.61 Å². The van der Waals surface area contributed by atoms with Gasteiger partial charge in [-0.25, -0.2) is 4.79 Å². The zero-order chi connectivity index (χ0) is 17.4. The van der Waals surface area contributed by atoms with Crippen LogP contribution in [0.5, 0.6) is 0 Å². The van der Waals surface area contributed by atoms with Crippen LogP contribution in [0.1, 0.15) is 50.5 Å². The van der Waals surface area contributed by atoms with Crippen molar-refractivity contribution in [2.75, 3.05) is 6.61 Å². The Morgan fingerprint density at radius 3 is 2.46 bits per heavy atom. The molecule has 0 aromatic heterocycles. The van der Waals surface area contributed by atoms with Gasteiger partial charge >= 0.3 is 12.0 Å². The van der Waals surface area contributed by atoms with Crippen molar-refractivity contribution >= 4 is 17.9 Å². The molecule has 0 saturated heterocycles. The van der Waals surface area contributed by atoms with Gasteiger partial charge in [0.05, 0.1) is 5.92 Å². The number of imide groups is 1. The van der Waals surface area contributed by atoms with Gasteiger partial charge in [-0.2, -0.15) is 0 Å². The topological polar surface area (TPSA) is 84.5 Å². The first-order valence-corrected chi connectivity index (χ1v) is 8.42. The van der Waals surface area contributed by atoms with Crippen LogP contribution in [0, 0.1) is 0 Å². The molecule has 0 aliphatic heterocycles. The van der Waals surface area contributed by atoms with E-state index in [0.717, 1.165) is 31.2 Å². The molecule has 1 fully saturated rings. The fourth-order valence-corrected chi connectivity index (χ4v) is 2.92. The van der Waals surface area contributed by atoms with E-state index < -0.39 is 30.4 Å². The van der Waals surface area contributed by atoms with E-state index in [2.05, 4.69) is 10.6 Å². The summed E-state index contributed by atoms with van der Waals surface area (Å²) in [5, 5.41) is 4.94.